The van der Waals surface area contributed by atoms with Gasteiger partial charge >= 0.3 is 0 Å². The third-order valence-corrected chi connectivity index (χ3v) is 2.43. The molecule has 0 atom stereocenters. The van der Waals surface area contributed by atoms with Crippen LogP contribution in [0.4, 0.5) is 5.69 Å². The van der Waals surface area contributed by atoms with Gasteiger partial charge < -0.3 is 4.90 Å². The first-order valence-electron chi connectivity index (χ1n) is 5.03. The van der Waals surface area contributed by atoms with Crippen molar-refractivity contribution in [1.82, 2.24) is 0 Å². The molecule has 1 aromatic rings. The van der Waals surface area contributed by atoms with Crippen molar-refractivity contribution in [2.45, 2.75) is 20.3 Å². The number of hydrogen-bond acceptors (Lipinski definition) is 2. The zero-order chi connectivity index (χ0) is 10.6. The summed E-state index contributed by atoms with van der Waals surface area (Å²) in [7, 11) is 2.04. The number of nitrogens with zero attached hydrogens (tertiary/aromatic N) is 1. The van der Waals surface area contributed by atoms with Crippen LogP contribution in [0.2, 0.25) is 0 Å². The molecule has 1 rings (SSSR count). The van der Waals surface area contributed by atoms with E-state index in [1.165, 1.54) is 0 Å². The first-order valence-corrected chi connectivity index (χ1v) is 5.03. The molecule has 2 heteroatoms. The molecule has 0 N–H and O–H groups in total. The summed E-state index contributed by atoms with van der Waals surface area (Å²) >= 11 is 0. The molecule has 0 amide bonds. The highest BCUT2D eigenvalue weighted by Crippen LogP contribution is 2.14. The fourth-order valence-electron chi connectivity index (χ4n) is 1.29. The molecule has 0 aliphatic rings. The fourth-order valence-corrected chi connectivity index (χ4v) is 1.29. The highest BCUT2D eigenvalue weighted by atomic mass is 16.1. The second-order valence-electron chi connectivity index (χ2n) is 3.34. The van der Waals surface area contributed by atoms with E-state index >= 15 is 0 Å². The predicted octanol–water partition coefficient (Wildman–Crippen LogP) is 2.74. The number of hydrogen-bond donors (Lipinski definition) is 0. The molecule has 14 heavy (non-hydrogen) atoms. The summed E-state index contributed by atoms with van der Waals surface area (Å²) in [6, 6.07) is 7.78. The SMILES string of the molecule is CCC(=O)c1ccc(N(C)CC)cc1. The van der Waals surface area contributed by atoms with E-state index < -0.39 is 0 Å². The molecule has 2 nitrogen and oxygen atoms in total. The summed E-state index contributed by atoms with van der Waals surface area (Å²) in [5.41, 5.74) is 1.96. The summed E-state index contributed by atoms with van der Waals surface area (Å²) in [6.45, 7) is 4.96. The van der Waals surface area contributed by atoms with Crippen molar-refractivity contribution in [3.63, 3.8) is 0 Å². The maximum atomic E-state index is 11.4. The van der Waals surface area contributed by atoms with Crippen LogP contribution >= 0.6 is 0 Å². The summed E-state index contributed by atoms with van der Waals surface area (Å²) in [6.07, 6.45) is 0.572. The predicted molar refractivity (Wildman–Crippen MR) is 60.0 cm³/mol. The maximum absolute atomic E-state index is 11.4. The van der Waals surface area contributed by atoms with Crippen molar-refractivity contribution >= 4 is 11.5 Å². The number of benzene rings is 1. The number of ketones is 1. The van der Waals surface area contributed by atoms with Gasteiger partial charge in [0.05, 0.1) is 0 Å². The van der Waals surface area contributed by atoms with Crippen molar-refractivity contribution in [2.24, 2.45) is 0 Å². The Labute approximate surface area is 85.5 Å². The molecule has 76 valence electrons. The van der Waals surface area contributed by atoms with Crippen molar-refractivity contribution in [2.75, 3.05) is 18.5 Å². The Bertz CT molecular complexity index is 303. The molecule has 0 heterocycles. The van der Waals surface area contributed by atoms with Gasteiger partial charge in [0.2, 0.25) is 0 Å². The minimum atomic E-state index is 0.204. The second-order valence-corrected chi connectivity index (χ2v) is 3.34. The van der Waals surface area contributed by atoms with Gasteiger partial charge in [-0.2, -0.15) is 0 Å². The quantitative estimate of drug-likeness (QED) is 0.682. The van der Waals surface area contributed by atoms with Crippen LogP contribution in [0.15, 0.2) is 24.3 Å². The van der Waals surface area contributed by atoms with E-state index in [9.17, 15) is 4.79 Å². The highest BCUT2D eigenvalue weighted by molar-refractivity contribution is 5.96. The topological polar surface area (TPSA) is 20.3 Å². The molecule has 0 spiro atoms. The smallest absolute Gasteiger partial charge is 0.162 e. The van der Waals surface area contributed by atoms with Crippen LogP contribution in [0.5, 0.6) is 0 Å². The molecule has 0 saturated heterocycles. The largest absolute Gasteiger partial charge is 0.375 e. The lowest BCUT2D eigenvalue weighted by Gasteiger charge is -2.16. The normalized spacial score (nSPS) is 9.93. The standard InChI is InChI=1S/C12H17NO/c1-4-12(14)10-6-8-11(9-7-10)13(3)5-2/h6-9H,4-5H2,1-3H3. The average Bonchev–Trinajstić information content (AvgIpc) is 2.27. The van der Waals surface area contributed by atoms with Crippen LogP contribution < -0.4 is 4.90 Å². The summed E-state index contributed by atoms with van der Waals surface area (Å²) in [5.74, 6) is 0.204. The Kier molecular flexibility index (Phi) is 3.69. The van der Waals surface area contributed by atoms with Gasteiger partial charge in [-0.15, -0.1) is 0 Å². The monoisotopic (exact) mass is 191 g/mol. The van der Waals surface area contributed by atoms with Crippen LogP contribution in [0.1, 0.15) is 30.6 Å². The molecule has 1 aromatic carbocycles. The Hall–Kier alpha value is -1.31. The summed E-state index contributed by atoms with van der Waals surface area (Å²) in [4.78, 5) is 13.5. The van der Waals surface area contributed by atoms with Gasteiger partial charge in [0.25, 0.3) is 0 Å². The first kappa shape index (κ1) is 10.8. The van der Waals surface area contributed by atoms with E-state index in [-0.39, 0.29) is 5.78 Å². The van der Waals surface area contributed by atoms with Crippen LogP contribution in [0.3, 0.4) is 0 Å². The van der Waals surface area contributed by atoms with E-state index in [1.54, 1.807) is 0 Å². The molecular formula is C12H17NO. The van der Waals surface area contributed by atoms with E-state index in [2.05, 4.69) is 11.8 Å². The highest BCUT2D eigenvalue weighted by Gasteiger charge is 2.03. The summed E-state index contributed by atoms with van der Waals surface area (Å²) in [5, 5.41) is 0. The number of carbonyl (C=O) groups is 1. The van der Waals surface area contributed by atoms with Crippen molar-refractivity contribution < 1.29 is 4.79 Å². The van der Waals surface area contributed by atoms with Crippen LogP contribution in [0.25, 0.3) is 0 Å². The zero-order valence-corrected chi connectivity index (χ0v) is 9.08. The van der Waals surface area contributed by atoms with Crippen LogP contribution in [-0.4, -0.2) is 19.4 Å². The lowest BCUT2D eigenvalue weighted by Crippen LogP contribution is -2.15. The van der Waals surface area contributed by atoms with E-state index in [1.807, 2.05) is 38.2 Å². The number of Topliss-reactive ketones (excluding diaryl/α,β-unsaturated/α-hetero) is 1. The lowest BCUT2D eigenvalue weighted by atomic mass is 10.1. The Balaban J connectivity index is 2.83. The Morgan fingerprint density at radius 3 is 2.21 bits per heavy atom. The van der Waals surface area contributed by atoms with Gasteiger partial charge in [-0.1, -0.05) is 6.92 Å². The molecule has 0 aliphatic heterocycles. The molecule has 0 radical (unpaired) electrons. The fraction of sp³-hybridized carbons (Fsp3) is 0.417. The lowest BCUT2D eigenvalue weighted by molar-refractivity contribution is 0.0988. The van der Waals surface area contributed by atoms with E-state index in [0.29, 0.717) is 6.42 Å². The van der Waals surface area contributed by atoms with Gasteiger partial charge in [0.15, 0.2) is 5.78 Å². The second kappa shape index (κ2) is 4.80. The number of carbonyl (C=O) groups excluding carboxylic acids is 1. The van der Waals surface area contributed by atoms with Gasteiger partial charge in [0, 0.05) is 31.3 Å². The third-order valence-electron chi connectivity index (χ3n) is 2.43. The van der Waals surface area contributed by atoms with Gasteiger partial charge in [-0.25, -0.2) is 0 Å². The Morgan fingerprint density at radius 1 is 1.21 bits per heavy atom. The zero-order valence-electron chi connectivity index (χ0n) is 9.08. The maximum Gasteiger partial charge on any atom is 0.162 e. The van der Waals surface area contributed by atoms with Gasteiger partial charge in [-0.05, 0) is 31.2 Å². The van der Waals surface area contributed by atoms with Gasteiger partial charge in [0.1, 0.15) is 0 Å². The van der Waals surface area contributed by atoms with Crippen molar-refractivity contribution in [3.05, 3.63) is 29.8 Å². The van der Waals surface area contributed by atoms with Gasteiger partial charge in [-0.3, -0.25) is 4.79 Å². The molecule has 0 saturated carbocycles. The Morgan fingerprint density at radius 2 is 1.79 bits per heavy atom. The van der Waals surface area contributed by atoms with Crippen molar-refractivity contribution in [3.8, 4) is 0 Å². The van der Waals surface area contributed by atoms with Crippen molar-refractivity contribution in [1.29, 1.82) is 0 Å². The third kappa shape index (κ3) is 2.34. The number of rotatable bonds is 4. The molecular weight excluding hydrogens is 174 g/mol. The first-order chi connectivity index (χ1) is 6.69. The summed E-state index contributed by atoms with van der Waals surface area (Å²) < 4.78 is 0. The minimum Gasteiger partial charge on any atom is -0.375 e. The molecule has 0 aliphatic carbocycles. The minimum absolute atomic E-state index is 0.204. The molecule has 0 bridgehead atoms. The van der Waals surface area contributed by atoms with E-state index in [0.717, 1.165) is 17.8 Å². The molecule has 0 aromatic heterocycles. The molecule has 0 fully saturated rings. The average molecular weight is 191 g/mol. The van der Waals surface area contributed by atoms with Crippen LogP contribution in [-0.2, 0) is 0 Å². The number of anilines is 1. The molecule has 0 unspecified atom stereocenters. The van der Waals surface area contributed by atoms with Crippen LogP contribution in [0, 0.1) is 0 Å². The van der Waals surface area contributed by atoms with E-state index in [4.69, 9.17) is 0 Å².